The van der Waals surface area contributed by atoms with Crippen LogP contribution < -0.4 is 10.9 Å². The summed E-state index contributed by atoms with van der Waals surface area (Å²) in [5.74, 6) is -0.366. The van der Waals surface area contributed by atoms with E-state index in [1.165, 1.54) is 29.3 Å². The van der Waals surface area contributed by atoms with E-state index in [-0.39, 0.29) is 17.0 Å². The van der Waals surface area contributed by atoms with Gasteiger partial charge in [-0.2, -0.15) is 0 Å². The first-order valence-corrected chi connectivity index (χ1v) is 6.06. The van der Waals surface area contributed by atoms with Crippen LogP contribution in [0.3, 0.4) is 0 Å². The summed E-state index contributed by atoms with van der Waals surface area (Å²) >= 11 is 0. The number of H-pyrrole nitrogens is 1. The van der Waals surface area contributed by atoms with E-state index in [1.54, 1.807) is 24.3 Å². The van der Waals surface area contributed by atoms with Crippen molar-refractivity contribution in [1.29, 1.82) is 0 Å². The first-order chi connectivity index (χ1) is 10.2. The van der Waals surface area contributed by atoms with Crippen molar-refractivity contribution in [3.63, 3.8) is 0 Å². The normalized spacial score (nSPS) is 10.3. The number of tetrazole rings is 1. The minimum Gasteiger partial charge on any atom is -0.329 e. The Morgan fingerprint density at radius 3 is 2.90 bits per heavy atom. The number of aromatic nitrogens is 5. The number of anilines is 1. The van der Waals surface area contributed by atoms with Gasteiger partial charge in [-0.1, -0.05) is 6.07 Å². The van der Waals surface area contributed by atoms with Crippen LogP contribution in [0.2, 0.25) is 0 Å². The van der Waals surface area contributed by atoms with E-state index < -0.39 is 0 Å². The van der Waals surface area contributed by atoms with Crippen molar-refractivity contribution in [2.45, 2.75) is 0 Å². The molecule has 1 aromatic carbocycles. The Bertz CT molecular complexity index is 824. The monoisotopic (exact) mass is 282 g/mol. The van der Waals surface area contributed by atoms with Gasteiger partial charge in [0.05, 0.1) is 5.69 Å². The molecule has 0 saturated carbocycles. The second kappa shape index (κ2) is 5.37. The van der Waals surface area contributed by atoms with Crippen molar-refractivity contribution in [2.75, 3.05) is 5.32 Å². The maximum Gasteiger partial charge on any atom is 0.255 e. The van der Waals surface area contributed by atoms with Gasteiger partial charge in [-0.15, -0.1) is 5.10 Å². The Morgan fingerprint density at radius 1 is 1.24 bits per heavy atom. The summed E-state index contributed by atoms with van der Waals surface area (Å²) in [5.41, 5.74) is 1.24. The lowest BCUT2D eigenvalue weighted by Crippen LogP contribution is -2.15. The standard InChI is InChI=1S/C13H10N6O2/c20-12-6-9(4-5-14-12)13(21)16-10-2-1-3-11(7-10)19-8-15-17-18-19/h1-8H,(H,14,20)(H,16,21). The van der Waals surface area contributed by atoms with Gasteiger partial charge < -0.3 is 10.3 Å². The van der Waals surface area contributed by atoms with Gasteiger partial charge in [0.25, 0.3) is 5.91 Å². The molecule has 104 valence electrons. The first-order valence-electron chi connectivity index (χ1n) is 6.06. The van der Waals surface area contributed by atoms with Crippen molar-refractivity contribution in [3.05, 3.63) is 64.8 Å². The minimum absolute atomic E-state index is 0.284. The molecule has 0 fully saturated rings. The number of carbonyl (C=O) groups excluding carboxylic acids is 1. The average Bonchev–Trinajstić information content (AvgIpc) is 3.02. The number of rotatable bonds is 3. The van der Waals surface area contributed by atoms with E-state index in [0.29, 0.717) is 11.4 Å². The number of hydrogen-bond donors (Lipinski definition) is 2. The largest absolute Gasteiger partial charge is 0.329 e. The van der Waals surface area contributed by atoms with Crippen LogP contribution >= 0.6 is 0 Å². The number of amides is 1. The molecule has 0 atom stereocenters. The fourth-order valence-electron chi connectivity index (χ4n) is 1.79. The maximum absolute atomic E-state index is 12.1. The molecule has 0 bridgehead atoms. The van der Waals surface area contributed by atoms with Gasteiger partial charge in [0.15, 0.2) is 0 Å². The molecule has 0 aliphatic carbocycles. The van der Waals surface area contributed by atoms with Gasteiger partial charge in [0.2, 0.25) is 5.56 Å². The molecule has 8 heteroatoms. The topological polar surface area (TPSA) is 106 Å². The highest BCUT2D eigenvalue weighted by Gasteiger charge is 2.07. The third-order valence-corrected chi connectivity index (χ3v) is 2.75. The van der Waals surface area contributed by atoms with Gasteiger partial charge in [0.1, 0.15) is 6.33 Å². The smallest absolute Gasteiger partial charge is 0.255 e. The zero-order chi connectivity index (χ0) is 14.7. The van der Waals surface area contributed by atoms with Crippen molar-refractivity contribution >= 4 is 11.6 Å². The van der Waals surface area contributed by atoms with Crippen LogP contribution in [0.1, 0.15) is 10.4 Å². The molecule has 0 aliphatic rings. The Balaban J connectivity index is 1.84. The lowest BCUT2D eigenvalue weighted by atomic mass is 10.2. The average molecular weight is 282 g/mol. The summed E-state index contributed by atoms with van der Waals surface area (Å²) in [6.45, 7) is 0. The summed E-state index contributed by atoms with van der Waals surface area (Å²) in [6, 6.07) is 9.80. The molecule has 8 nitrogen and oxygen atoms in total. The number of aromatic amines is 1. The maximum atomic E-state index is 12.1. The van der Waals surface area contributed by atoms with E-state index in [2.05, 4.69) is 25.8 Å². The van der Waals surface area contributed by atoms with E-state index in [9.17, 15) is 9.59 Å². The summed E-state index contributed by atoms with van der Waals surface area (Å²) in [5, 5.41) is 13.6. The molecule has 0 saturated heterocycles. The van der Waals surface area contributed by atoms with E-state index >= 15 is 0 Å². The van der Waals surface area contributed by atoms with Crippen LogP contribution in [-0.2, 0) is 0 Å². The third kappa shape index (κ3) is 2.84. The van der Waals surface area contributed by atoms with E-state index in [0.717, 1.165) is 0 Å². The van der Waals surface area contributed by atoms with Crippen LogP contribution in [0.5, 0.6) is 0 Å². The second-order valence-electron chi connectivity index (χ2n) is 4.20. The summed E-state index contributed by atoms with van der Waals surface area (Å²) in [7, 11) is 0. The molecule has 2 N–H and O–H groups in total. The number of hydrogen-bond acceptors (Lipinski definition) is 5. The molecular weight excluding hydrogens is 272 g/mol. The Morgan fingerprint density at radius 2 is 2.14 bits per heavy atom. The molecular formula is C13H10N6O2. The fourth-order valence-corrected chi connectivity index (χ4v) is 1.79. The zero-order valence-electron chi connectivity index (χ0n) is 10.7. The first kappa shape index (κ1) is 12.7. The van der Waals surface area contributed by atoms with Crippen molar-refractivity contribution in [2.24, 2.45) is 0 Å². The van der Waals surface area contributed by atoms with Gasteiger partial charge in [-0.05, 0) is 34.7 Å². The van der Waals surface area contributed by atoms with Crippen LogP contribution in [-0.4, -0.2) is 31.1 Å². The molecule has 1 amide bonds. The molecule has 0 aliphatic heterocycles. The number of benzene rings is 1. The molecule has 0 unspecified atom stereocenters. The van der Waals surface area contributed by atoms with Gasteiger partial charge in [-0.25, -0.2) is 4.68 Å². The van der Waals surface area contributed by atoms with Crippen LogP contribution in [0.15, 0.2) is 53.7 Å². The summed E-state index contributed by atoms with van der Waals surface area (Å²) < 4.78 is 1.48. The zero-order valence-corrected chi connectivity index (χ0v) is 10.7. The molecule has 2 aromatic heterocycles. The van der Waals surface area contributed by atoms with Crippen molar-refractivity contribution in [1.82, 2.24) is 25.2 Å². The molecule has 3 rings (SSSR count). The lowest BCUT2D eigenvalue weighted by molar-refractivity contribution is 0.102. The third-order valence-electron chi connectivity index (χ3n) is 2.75. The van der Waals surface area contributed by atoms with Crippen LogP contribution in [0.25, 0.3) is 5.69 Å². The van der Waals surface area contributed by atoms with Gasteiger partial charge in [-0.3, -0.25) is 9.59 Å². The number of nitrogens with zero attached hydrogens (tertiary/aromatic N) is 4. The van der Waals surface area contributed by atoms with E-state index in [4.69, 9.17) is 0 Å². The Kier molecular flexibility index (Phi) is 3.26. The van der Waals surface area contributed by atoms with Gasteiger partial charge >= 0.3 is 0 Å². The van der Waals surface area contributed by atoms with E-state index in [1.807, 2.05) is 0 Å². The highest BCUT2D eigenvalue weighted by molar-refractivity contribution is 6.04. The van der Waals surface area contributed by atoms with Crippen LogP contribution in [0.4, 0.5) is 5.69 Å². The van der Waals surface area contributed by atoms with Crippen LogP contribution in [0, 0.1) is 0 Å². The molecule has 3 aromatic rings. The Hall–Kier alpha value is -3.29. The lowest BCUT2D eigenvalue weighted by Gasteiger charge is -2.06. The Labute approximate surface area is 118 Å². The highest BCUT2D eigenvalue weighted by Crippen LogP contribution is 2.14. The molecule has 2 heterocycles. The number of nitrogens with one attached hydrogen (secondary N) is 2. The number of pyridine rings is 1. The quantitative estimate of drug-likeness (QED) is 0.732. The molecule has 21 heavy (non-hydrogen) atoms. The van der Waals surface area contributed by atoms with Gasteiger partial charge in [0, 0.05) is 23.5 Å². The highest BCUT2D eigenvalue weighted by atomic mass is 16.2. The predicted octanol–water partition coefficient (Wildman–Crippen LogP) is 0.603. The molecule has 0 spiro atoms. The predicted molar refractivity (Wildman–Crippen MR) is 74.2 cm³/mol. The minimum atomic E-state index is -0.366. The molecule has 0 radical (unpaired) electrons. The van der Waals surface area contributed by atoms with Crippen molar-refractivity contribution < 1.29 is 4.79 Å². The van der Waals surface area contributed by atoms with Crippen molar-refractivity contribution in [3.8, 4) is 5.69 Å². The summed E-state index contributed by atoms with van der Waals surface area (Å²) in [4.78, 5) is 25.7. The number of carbonyl (C=O) groups is 1. The SMILES string of the molecule is O=C(Nc1cccc(-n2cnnn2)c1)c1cc[nH]c(=O)c1. The summed E-state index contributed by atoms with van der Waals surface area (Å²) in [6.07, 6.45) is 2.88. The second-order valence-corrected chi connectivity index (χ2v) is 4.20. The fraction of sp³-hybridized carbons (Fsp3) is 0.